The van der Waals surface area contributed by atoms with Crippen LogP contribution in [0.3, 0.4) is 0 Å². The first-order chi connectivity index (χ1) is 12.5. The standard InChI is InChI=1S/C21H19NO4/c1-14-11-19(20(23)15-7-9-18(25-2)10-8-15)22(13-14)17-6-4-5-16(12-17)21(24)26-3/h4-13H,1-3H3. The molecule has 132 valence electrons. The van der Waals surface area contributed by atoms with Crippen LogP contribution in [0.25, 0.3) is 5.69 Å². The van der Waals surface area contributed by atoms with E-state index >= 15 is 0 Å². The molecule has 0 saturated heterocycles. The van der Waals surface area contributed by atoms with Crippen molar-refractivity contribution in [2.24, 2.45) is 0 Å². The third-order valence-electron chi connectivity index (χ3n) is 4.09. The zero-order valence-electron chi connectivity index (χ0n) is 14.9. The summed E-state index contributed by atoms with van der Waals surface area (Å²) in [6.07, 6.45) is 1.87. The van der Waals surface area contributed by atoms with Gasteiger partial charge in [0.2, 0.25) is 5.78 Å². The van der Waals surface area contributed by atoms with Gasteiger partial charge in [0, 0.05) is 17.4 Å². The third-order valence-corrected chi connectivity index (χ3v) is 4.09. The Hall–Kier alpha value is -3.34. The number of methoxy groups -OCH3 is 2. The van der Waals surface area contributed by atoms with Gasteiger partial charge in [-0.25, -0.2) is 4.79 Å². The van der Waals surface area contributed by atoms with Crippen molar-refractivity contribution in [1.82, 2.24) is 4.57 Å². The van der Waals surface area contributed by atoms with E-state index in [4.69, 9.17) is 9.47 Å². The molecule has 5 heteroatoms. The molecule has 0 spiro atoms. The molecule has 0 N–H and O–H groups in total. The van der Waals surface area contributed by atoms with Crippen molar-refractivity contribution < 1.29 is 19.1 Å². The Morgan fingerprint density at radius 2 is 1.65 bits per heavy atom. The maximum Gasteiger partial charge on any atom is 0.337 e. The number of nitrogens with zero attached hydrogens (tertiary/aromatic N) is 1. The number of ketones is 1. The topological polar surface area (TPSA) is 57.5 Å². The number of aromatic nitrogens is 1. The van der Waals surface area contributed by atoms with E-state index in [0.717, 1.165) is 11.3 Å². The molecule has 3 rings (SSSR count). The highest BCUT2D eigenvalue weighted by atomic mass is 16.5. The van der Waals surface area contributed by atoms with Gasteiger partial charge >= 0.3 is 5.97 Å². The van der Waals surface area contributed by atoms with Gasteiger partial charge in [-0.05, 0) is 61.0 Å². The largest absolute Gasteiger partial charge is 0.497 e. The summed E-state index contributed by atoms with van der Waals surface area (Å²) in [6.45, 7) is 1.92. The van der Waals surface area contributed by atoms with Crippen LogP contribution in [0, 0.1) is 6.92 Å². The van der Waals surface area contributed by atoms with E-state index in [1.54, 1.807) is 54.1 Å². The second-order valence-electron chi connectivity index (χ2n) is 5.87. The Morgan fingerprint density at radius 1 is 0.923 bits per heavy atom. The number of carbonyl (C=O) groups is 2. The van der Waals surface area contributed by atoms with E-state index in [2.05, 4.69) is 0 Å². The van der Waals surface area contributed by atoms with E-state index in [-0.39, 0.29) is 5.78 Å². The number of carbonyl (C=O) groups excluding carboxylic acids is 2. The number of rotatable bonds is 5. The molecule has 1 heterocycles. The first-order valence-corrected chi connectivity index (χ1v) is 8.10. The molecule has 0 atom stereocenters. The quantitative estimate of drug-likeness (QED) is 0.519. The SMILES string of the molecule is COC(=O)c1cccc(-n2cc(C)cc2C(=O)c2ccc(OC)cc2)c1. The summed E-state index contributed by atoms with van der Waals surface area (Å²) in [5.74, 6) is 0.168. The molecule has 26 heavy (non-hydrogen) atoms. The zero-order valence-corrected chi connectivity index (χ0v) is 14.9. The van der Waals surface area contributed by atoms with Crippen LogP contribution in [0.5, 0.6) is 5.75 Å². The van der Waals surface area contributed by atoms with Crippen molar-refractivity contribution >= 4 is 11.8 Å². The number of hydrogen-bond acceptors (Lipinski definition) is 4. The molecule has 0 saturated carbocycles. The van der Waals surface area contributed by atoms with Crippen LogP contribution in [0.1, 0.15) is 32.0 Å². The predicted octanol–water partition coefficient (Wildman–Crippen LogP) is 3.81. The van der Waals surface area contributed by atoms with Crippen LogP contribution in [0.2, 0.25) is 0 Å². The normalized spacial score (nSPS) is 10.4. The highest BCUT2D eigenvalue weighted by Gasteiger charge is 2.17. The highest BCUT2D eigenvalue weighted by molar-refractivity contribution is 6.08. The van der Waals surface area contributed by atoms with Crippen molar-refractivity contribution in [1.29, 1.82) is 0 Å². The molecular weight excluding hydrogens is 330 g/mol. The predicted molar refractivity (Wildman–Crippen MR) is 98.3 cm³/mol. The lowest BCUT2D eigenvalue weighted by molar-refractivity contribution is 0.0600. The number of aryl methyl sites for hydroxylation is 1. The fourth-order valence-electron chi connectivity index (χ4n) is 2.78. The van der Waals surface area contributed by atoms with Crippen LogP contribution in [-0.4, -0.2) is 30.5 Å². The smallest absolute Gasteiger partial charge is 0.337 e. The van der Waals surface area contributed by atoms with Crippen LogP contribution >= 0.6 is 0 Å². The molecular formula is C21H19NO4. The second kappa shape index (κ2) is 7.27. The summed E-state index contributed by atoms with van der Waals surface area (Å²) in [7, 11) is 2.92. The molecule has 0 bridgehead atoms. The van der Waals surface area contributed by atoms with Crippen molar-refractivity contribution in [3.63, 3.8) is 0 Å². The monoisotopic (exact) mass is 349 g/mol. The van der Waals surface area contributed by atoms with Gasteiger partial charge in [0.15, 0.2) is 0 Å². The average Bonchev–Trinajstić information content (AvgIpc) is 3.08. The maximum atomic E-state index is 13.0. The minimum Gasteiger partial charge on any atom is -0.497 e. The van der Waals surface area contributed by atoms with Gasteiger partial charge in [-0.1, -0.05) is 6.07 Å². The molecule has 1 aromatic heterocycles. The fourth-order valence-corrected chi connectivity index (χ4v) is 2.78. The molecule has 0 radical (unpaired) electrons. The second-order valence-corrected chi connectivity index (χ2v) is 5.87. The lowest BCUT2D eigenvalue weighted by atomic mass is 10.1. The molecule has 5 nitrogen and oxygen atoms in total. The maximum absolute atomic E-state index is 13.0. The summed E-state index contributed by atoms with van der Waals surface area (Å²) in [5.41, 5.74) is 3.19. The Kier molecular flexibility index (Phi) is 4.89. The van der Waals surface area contributed by atoms with Crippen LogP contribution < -0.4 is 4.74 Å². The van der Waals surface area contributed by atoms with Crippen molar-refractivity contribution in [2.45, 2.75) is 6.92 Å². The van der Waals surface area contributed by atoms with Gasteiger partial charge < -0.3 is 14.0 Å². The van der Waals surface area contributed by atoms with E-state index in [1.165, 1.54) is 7.11 Å². The molecule has 0 aliphatic carbocycles. The third kappa shape index (κ3) is 3.37. The first kappa shape index (κ1) is 17.5. The van der Waals surface area contributed by atoms with E-state index in [0.29, 0.717) is 22.6 Å². The Morgan fingerprint density at radius 3 is 2.31 bits per heavy atom. The van der Waals surface area contributed by atoms with Gasteiger partial charge in [0.05, 0.1) is 25.5 Å². The van der Waals surface area contributed by atoms with E-state index in [1.807, 2.05) is 25.3 Å². The van der Waals surface area contributed by atoms with Gasteiger partial charge in [0.25, 0.3) is 0 Å². The molecule has 0 aliphatic rings. The average molecular weight is 349 g/mol. The summed E-state index contributed by atoms with van der Waals surface area (Å²) >= 11 is 0. The number of esters is 1. The molecule has 0 unspecified atom stereocenters. The minimum atomic E-state index is -0.418. The Labute approximate surface area is 151 Å². The lowest BCUT2D eigenvalue weighted by Gasteiger charge is -2.10. The summed E-state index contributed by atoms with van der Waals surface area (Å²) in [5, 5.41) is 0. The molecule has 0 aliphatic heterocycles. The van der Waals surface area contributed by atoms with Crippen LogP contribution in [-0.2, 0) is 4.74 Å². The summed E-state index contributed by atoms with van der Waals surface area (Å²) in [4.78, 5) is 24.8. The van der Waals surface area contributed by atoms with Crippen molar-refractivity contribution in [3.8, 4) is 11.4 Å². The molecule has 0 fully saturated rings. The fraction of sp³-hybridized carbons (Fsp3) is 0.143. The lowest BCUT2D eigenvalue weighted by Crippen LogP contribution is -2.09. The summed E-state index contributed by atoms with van der Waals surface area (Å²) < 4.78 is 11.7. The molecule has 2 aromatic carbocycles. The number of benzene rings is 2. The zero-order chi connectivity index (χ0) is 18.7. The van der Waals surface area contributed by atoms with Gasteiger partial charge in [-0.3, -0.25) is 4.79 Å². The highest BCUT2D eigenvalue weighted by Crippen LogP contribution is 2.21. The van der Waals surface area contributed by atoms with E-state index < -0.39 is 5.97 Å². The van der Waals surface area contributed by atoms with Crippen molar-refractivity contribution in [2.75, 3.05) is 14.2 Å². The Balaban J connectivity index is 2.03. The van der Waals surface area contributed by atoms with Gasteiger partial charge in [-0.2, -0.15) is 0 Å². The van der Waals surface area contributed by atoms with E-state index in [9.17, 15) is 9.59 Å². The van der Waals surface area contributed by atoms with Gasteiger partial charge in [-0.15, -0.1) is 0 Å². The number of ether oxygens (including phenoxy) is 2. The molecule has 0 amide bonds. The van der Waals surface area contributed by atoms with Crippen LogP contribution in [0.4, 0.5) is 0 Å². The minimum absolute atomic E-state index is 0.107. The van der Waals surface area contributed by atoms with Crippen molar-refractivity contribution in [3.05, 3.63) is 83.2 Å². The van der Waals surface area contributed by atoms with Crippen LogP contribution in [0.15, 0.2) is 60.8 Å². The first-order valence-electron chi connectivity index (χ1n) is 8.10. The molecule has 3 aromatic rings. The summed E-state index contributed by atoms with van der Waals surface area (Å²) in [6, 6.07) is 15.8. The Bertz CT molecular complexity index is 954. The van der Waals surface area contributed by atoms with Gasteiger partial charge in [0.1, 0.15) is 5.75 Å². The number of hydrogen-bond donors (Lipinski definition) is 0.